The molecule has 0 aliphatic rings. The van der Waals surface area contributed by atoms with Crippen molar-refractivity contribution >= 4 is 11.6 Å². The van der Waals surface area contributed by atoms with E-state index in [-0.39, 0.29) is 0 Å². The van der Waals surface area contributed by atoms with Gasteiger partial charge in [-0.25, -0.2) is 0 Å². The summed E-state index contributed by atoms with van der Waals surface area (Å²) in [5, 5.41) is 4.47. The van der Waals surface area contributed by atoms with Crippen LogP contribution in [0.15, 0.2) is 24.3 Å². The average molecular weight is 311 g/mol. The van der Waals surface area contributed by atoms with E-state index in [1.807, 2.05) is 12.1 Å². The SMILES string of the molecule is CCCNC(CCN(C)CCC(C)C)c1cccc(Cl)c1. The fraction of sp³-hybridized carbons (Fsp3) is 0.667. The lowest BCUT2D eigenvalue weighted by Crippen LogP contribution is -2.28. The highest BCUT2D eigenvalue weighted by Crippen LogP contribution is 2.21. The Morgan fingerprint density at radius 3 is 2.52 bits per heavy atom. The zero-order valence-corrected chi connectivity index (χ0v) is 14.8. The molecular formula is C18H31ClN2. The van der Waals surface area contributed by atoms with Crippen LogP contribution in [-0.2, 0) is 0 Å². The maximum atomic E-state index is 6.13. The van der Waals surface area contributed by atoms with Gasteiger partial charge in [0, 0.05) is 11.1 Å². The summed E-state index contributed by atoms with van der Waals surface area (Å²) < 4.78 is 0. The van der Waals surface area contributed by atoms with Gasteiger partial charge in [-0.3, -0.25) is 0 Å². The van der Waals surface area contributed by atoms with Gasteiger partial charge in [0.05, 0.1) is 0 Å². The zero-order valence-electron chi connectivity index (χ0n) is 14.0. The number of rotatable bonds is 10. The van der Waals surface area contributed by atoms with Crippen molar-refractivity contribution in [3.8, 4) is 0 Å². The van der Waals surface area contributed by atoms with Crippen molar-refractivity contribution in [2.45, 2.75) is 46.1 Å². The quantitative estimate of drug-likeness (QED) is 0.671. The van der Waals surface area contributed by atoms with Crippen molar-refractivity contribution in [2.24, 2.45) is 5.92 Å². The van der Waals surface area contributed by atoms with Crippen molar-refractivity contribution < 1.29 is 0 Å². The van der Waals surface area contributed by atoms with Gasteiger partial charge >= 0.3 is 0 Å². The van der Waals surface area contributed by atoms with E-state index in [4.69, 9.17) is 11.6 Å². The Morgan fingerprint density at radius 2 is 1.90 bits per heavy atom. The molecule has 0 aliphatic carbocycles. The second kappa shape index (κ2) is 10.2. The topological polar surface area (TPSA) is 15.3 Å². The van der Waals surface area contributed by atoms with Crippen LogP contribution in [0.3, 0.4) is 0 Å². The van der Waals surface area contributed by atoms with E-state index in [1.165, 1.54) is 18.5 Å². The fourth-order valence-corrected chi connectivity index (χ4v) is 2.57. The van der Waals surface area contributed by atoms with Crippen LogP contribution >= 0.6 is 11.6 Å². The van der Waals surface area contributed by atoms with E-state index in [0.717, 1.165) is 36.9 Å². The number of hydrogen-bond acceptors (Lipinski definition) is 2. The van der Waals surface area contributed by atoms with Gasteiger partial charge in [0.2, 0.25) is 0 Å². The molecule has 0 aromatic heterocycles. The molecule has 1 N–H and O–H groups in total. The molecule has 0 spiro atoms. The van der Waals surface area contributed by atoms with Crippen LogP contribution in [0, 0.1) is 5.92 Å². The van der Waals surface area contributed by atoms with Crippen LogP contribution < -0.4 is 5.32 Å². The molecule has 1 aromatic carbocycles. The molecule has 1 unspecified atom stereocenters. The van der Waals surface area contributed by atoms with E-state index in [2.05, 4.69) is 50.2 Å². The highest BCUT2D eigenvalue weighted by molar-refractivity contribution is 6.30. The van der Waals surface area contributed by atoms with Gasteiger partial charge in [-0.1, -0.05) is 44.5 Å². The first-order valence-corrected chi connectivity index (χ1v) is 8.58. The summed E-state index contributed by atoms with van der Waals surface area (Å²) in [6.07, 6.45) is 3.54. The van der Waals surface area contributed by atoms with Gasteiger partial charge < -0.3 is 10.2 Å². The van der Waals surface area contributed by atoms with Crippen LogP contribution in [0.5, 0.6) is 0 Å². The van der Waals surface area contributed by atoms with Crippen LogP contribution in [-0.4, -0.2) is 31.6 Å². The molecule has 1 rings (SSSR count). The lowest BCUT2D eigenvalue weighted by molar-refractivity contribution is 0.289. The van der Waals surface area contributed by atoms with Gasteiger partial charge in [-0.2, -0.15) is 0 Å². The van der Waals surface area contributed by atoms with Crippen LogP contribution in [0.25, 0.3) is 0 Å². The Balaban J connectivity index is 2.54. The van der Waals surface area contributed by atoms with E-state index in [0.29, 0.717) is 6.04 Å². The maximum absolute atomic E-state index is 6.13. The van der Waals surface area contributed by atoms with Crippen molar-refractivity contribution in [2.75, 3.05) is 26.7 Å². The Kier molecular flexibility index (Phi) is 8.98. The summed E-state index contributed by atoms with van der Waals surface area (Å²) in [6, 6.07) is 8.64. The van der Waals surface area contributed by atoms with E-state index in [9.17, 15) is 0 Å². The maximum Gasteiger partial charge on any atom is 0.0409 e. The molecule has 0 saturated carbocycles. The average Bonchev–Trinajstić information content (AvgIpc) is 2.45. The molecule has 0 saturated heterocycles. The van der Waals surface area contributed by atoms with Crippen molar-refractivity contribution in [3.05, 3.63) is 34.9 Å². The Bertz CT molecular complexity index is 393. The van der Waals surface area contributed by atoms with Gasteiger partial charge in [-0.15, -0.1) is 0 Å². The molecule has 2 nitrogen and oxygen atoms in total. The summed E-state index contributed by atoms with van der Waals surface area (Å²) in [6.45, 7) is 10.1. The standard InChI is InChI=1S/C18H31ClN2/c1-5-11-20-18(16-7-6-8-17(19)14-16)10-13-21(4)12-9-15(2)3/h6-8,14-15,18,20H,5,9-13H2,1-4H3. The first-order chi connectivity index (χ1) is 10.0. The minimum Gasteiger partial charge on any atom is -0.310 e. The number of nitrogens with one attached hydrogen (secondary N) is 1. The summed E-state index contributed by atoms with van der Waals surface area (Å²) in [5.41, 5.74) is 1.30. The molecule has 0 radical (unpaired) electrons. The van der Waals surface area contributed by atoms with Crippen molar-refractivity contribution in [1.29, 1.82) is 0 Å². The van der Waals surface area contributed by atoms with Gasteiger partial charge in [0.15, 0.2) is 0 Å². The predicted octanol–water partition coefficient (Wildman–Crippen LogP) is 4.75. The van der Waals surface area contributed by atoms with Gasteiger partial charge in [0.25, 0.3) is 0 Å². The lowest BCUT2D eigenvalue weighted by atomic mass is 10.0. The van der Waals surface area contributed by atoms with Crippen LogP contribution in [0.4, 0.5) is 0 Å². The molecule has 1 atom stereocenters. The molecule has 3 heteroatoms. The monoisotopic (exact) mass is 310 g/mol. The minimum absolute atomic E-state index is 0.394. The van der Waals surface area contributed by atoms with Gasteiger partial charge in [-0.05, 0) is 69.6 Å². The molecule has 0 aliphatic heterocycles. The van der Waals surface area contributed by atoms with E-state index in [1.54, 1.807) is 0 Å². The molecule has 0 bridgehead atoms. The third kappa shape index (κ3) is 7.85. The Hall–Kier alpha value is -0.570. The minimum atomic E-state index is 0.394. The van der Waals surface area contributed by atoms with Gasteiger partial charge in [0.1, 0.15) is 0 Å². The molecule has 0 fully saturated rings. The van der Waals surface area contributed by atoms with Crippen LogP contribution in [0.1, 0.15) is 51.6 Å². The second-order valence-electron chi connectivity index (χ2n) is 6.34. The Labute approximate surface area is 135 Å². The molecule has 1 aromatic rings. The van der Waals surface area contributed by atoms with E-state index >= 15 is 0 Å². The first-order valence-electron chi connectivity index (χ1n) is 8.20. The molecule has 120 valence electrons. The number of nitrogens with zero attached hydrogens (tertiary/aromatic N) is 1. The largest absolute Gasteiger partial charge is 0.310 e. The number of hydrogen-bond donors (Lipinski definition) is 1. The zero-order chi connectivity index (χ0) is 15.7. The normalized spacial score (nSPS) is 13.1. The van der Waals surface area contributed by atoms with Crippen molar-refractivity contribution in [1.82, 2.24) is 10.2 Å². The van der Waals surface area contributed by atoms with Crippen LogP contribution in [0.2, 0.25) is 5.02 Å². The summed E-state index contributed by atoms with van der Waals surface area (Å²) in [7, 11) is 2.22. The predicted molar refractivity (Wildman–Crippen MR) is 94.1 cm³/mol. The summed E-state index contributed by atoms with van der Waals surface area (Å²) in [4.78, 5) is 2.44. The lowest BCUT2D eigenvalue weighted by Gasteiger charge is -2.23. The third-order valence-electron chi connectivity index (χ3n) is 3.78. The molecule has 0 heterocycles. The smallest absolute Gasteiger partial charge is 0.0409 e. The molecule has 21 heavy (non-hydrogen) atoms. The fourth-order valence-electron chi connectivity index (χ4n) is 2.37. The summed E-state index contributed by atoms with van der Waals surface area (Å²) in [5.74, 6) is 0.773. The Morgan fingerprint density at radius 1 is 1.19 bits per heavy atom. The van der Waals surface area contributed by atoms with Crippen molar-refractivity contribution in [3.63, 3.8) is 0 Å². The third-order valence-corrected chi connectivity index (χ3v) is 4.01. The second-order valence-corrected chi connectivity index (χ2v) is 6.77. The summed E-state index contributed by atoms with van der Waals surface area (Å²) >= 11 is 6.13. The molecule has 0 amide bonds. The highest BCUT2D eigenvalue weighted by Gasteiger charge is 2.12. The highest BCUT2D eigenvalue weighted by atomic mass is 35.5. The first kappa shape index (κ1) is 18.5. The van der Waals surface area contributed by atoms with E-state index < -0.39 is 0 Å². The number of halogens is 1. The number of benzene rings is 1. The molecular weight excluding hydrogens is 280 g/mol.